The fraction of sp³-hybridized carbons (Fsp3) is 0.429. The molecule has 1 aliphatic rings. The number of aromatic nitrogens is 2. The third-order valence-electron chi connectivity index (χ3n) is 6.80. The molecule has 1 unspecified atom stereocenters. The maximum Gasteiger partial charge on any atom is 0.319 e. The van der Waals surface area contributed by atoms with Gasteiger partial charge in [0.25, 0.3) is 5.91 Å². The molecular formula is C28H34N6O3. The van der Waals surface area contributed by atoms with E-state index >= 15 is 0 Å². The van der Waals surface area contributed by atoms with Crippen molar-refractivity contribution >= 4 is 28.2 Å². The number of amides is 1. The Balaban J connectivity index is 1.58. The van der Waals surface area contributed by atoms with Crippen molar-refractivity contribution in [2.45, 2.75) is 45.1 Å². The summed E-state index contributed by atoms with van der Waals surface area (Å²) in [7, 11) is 2.13. The molecule has 0 spiro atoms. The van der Waals surface area contributed by atoms with E-state index in [4.69, 9.17) is 10.00 Å². The van der Waals surface area contributed by atoms with E-state index in [1.54, 1.807) is 12.1 Å². The Hall–Kier alpha value is -3.90. The number of ether oxygens (including phenoxy) is 1. The Morgan fingerprint density at radius 3 is 2.89 bits per heavy atom. The lowest BCUT2D eigenvalue weighted by Crippen LogP contribution is -2.27. The van der Waals surface area contributed by atoms with Gasteiger partial charge in [-0.3, -0.25) is 4.79 Å². The second kappa shape index (κ2) is 12.4. The van der Waals surface area contributed by atoms with E-state index < -0.39 is 5.91 Å². The topological polar surface area (TPSA) is 115 Å². The Morgan fingerprint density at radius 2 is 2.14 bits per heavy atom. The molecule has 0 bridgehead atoms. The second-order valence-corrected chi connectivity index (χ2v) is 9.32. The first-order chi connectivity index (χ1) is 18.0. The number of phenolic OH excluding ortho intramolecular Hbond substituents is 1. The molecule has 0 radical (unpaired) electrons. The average Bonchev–Trinajstić information content (AvgIpc) is 3.30. The minimum absolute atomic E-state index is 0.0629. The normalized spacial score (nSPS) is 15.4. The molecule has 0 saturated carbocycles. The molecule has 1 saturated heterocycles. The van der Waals surface area contributed by atoms with E-state index in [9.17, 15) is 9.90 Å². The summed E-state index contributed by atoms with van der Waals surface area (Å²) in [5.41, 5.74) is 0.665. The van der Waals surface area contributed by atoms with Crippen LogP contribution < -0.4 is 15.0 Å². The fourth-order valence-electron chi connectivity index (χ4n) is 4.75. The molecule has 2 aromatic carbocycles. The molecule has 1 amide bonds. The molecule has 2 heterocycles. The Bertz CT molecular complexity index is 1270. The van der Waals surface area contributed by atoms with Crippen LogP contribution in [0.5, 0.6) is 11.8 Å². The molecule has 1 fully saturated rings. The van der Waals surface area contributed by atoms with Gasteiger partial charge in [0.1, 0.15) is 17.3 Å². The highest BCUT2D eigenvalue weighted by Gasteiger charge is 2.21. The predicted octanol–water partition coefficient (Wildman–Crippen LogP) is 4.58. The number of fused-ring (bicyclic) bond motifs is 1. The van der Waals surface area contributed by atoms with Gasteiger partial charge in [0.05, 0.1) is 18.4 Å². The zero-order valence-electron chi connectivity index (χ0n) is 21.5. The number of nitriles is 1. The van der Waals surface area contributed by atoms with E-state index in [1.165, 1.54) is 12.5 Å². The van der Waals surface area contributed by atoms with E-state index in [1.807, 2.05) is 36.1 Å². The van der Waals surface area contributed by atoms with Gasteiger partial charge < -0.3 is 25.0 Å². The smallest absolute Gasteiger partial charge is 0.319 e. The Labute approximate surface area is 217 Å². The Kier molecular flexibility index (Phi) is 8.75. The van der Waals surface area contributed by atoms with Crippen LogP contribution in [0.4, 0.5) is 11.5 Å². The van der Waals surface area contributed by atoms with Gasteiger partial charge >= 0.3 is 6.01 Å². The van der Waals surface area contributed by atoms with Gasteiger partial charge in [-0.25, -0.2) is 0 Å². The maximum atomic E-state index is 13.4. The van der Waals surface area contributed by atoms with Crippen molar-refractivity contribution in [3.8, 4) is 17.8 Å². The lowest BCUT2D eigenvalue weighted by Gasteiger charge is -2.23. The highest BCUT2D eigenvalue weighted by atomic mass is 16.5. The van der Waals surface area contributed by atoms with Gasteiger partial charge in [-0.2, -0.15) is 15.2 Å². The van der Waals surface area contributed by atoms with Crippen LogP contribution in [-0.4, -0.2) is 65.2 Å². The summed E-state index contributed by atoms with van der Waals surface area (Å²) in [6.07, 6.45) is 4.33. The van der Waals surface area contributed by atoms with Crippen LogP contribution in [0.25, 0.3) is 10.8 Å². The number of unbranched alkanes of at least 4 members (excludes halogenated alkanes) is 1. The van der Waals surface area contributed by atoms with Crippen molar-refractivity contribution in [1.82, 2.24) is 14.9 Å². The van der Waals surface area contributed by atoms with Crippen LogP contribution in [-0.2, 0) is 0 Å². The van der Waals surface area contributed by atoms with E-state index in [-0.39, 0.29) is 17.5 Å². The summed E-state index contributed by atoms with van der Waals surface area (Å²) in [5, 5.41) is 23.6. The molecule has 194 valence electrons. The van der Waals surface area contributed by atoms with Crippen LogP contribution in [0, 0.1) is 11.3 Å². The third kappa shape index (κ3) is 6.66. The molecular weight excluding hydrogens is 468 g/mol. The van der Waals surface area contributed by atoms with Crippen LogP contribution in [0.3, 0.4) is 0 Å². The van der Waals surface area contributed by atoms with Crippen molar-refractivity contribution in [2.75, 3.05) is 43.5 Å². The number of carbonyl (C=O) groups is 1. The Morgan fingerprint density at radius 1 is 1.30 bits per heavy atom. The summed E-state index contributed by atoms with van der Waals surface area (Å²) in [5.74, 6) is 0.218. The summed E-state index contributed by atoms with van der Waals surface area (Å²) >= 11 is 0. The first-order valence-electron chi connectivity index (χ1n) is 12.9. The van der Waals surface area contributed by atoms with Gasteiger partial charge in [-0.15, -0.1) is 0 Å². The molecule has 4 rings (SSSR count). The summed E-state index contributed by atoms with van der Waals surface area (Å²) in [6.45, 7) is 4.85. The quantitative estimate of drug-likeness (QED) is 0.366. The van der Waals surface area contributed by atoms with Crippen molar-refractivity contribution < 1.29 is 14.6 Å². The van der Waals surface area contributed by atoms with Crippen LogP contribution in [0.1, 0.15) is 49.5 Å². The fourth-order valence-corrected chi connectivity index (χ4v) is 4.75. The van der Waals surface area contributed by atoms with Crippen molar-refractivity contribution in [1.29, 1.82) is 5.26 Å². The SMILES string of the molecule is CCN(CCCC#N)c1cc(C(=O)Nc2cc(O)cc3ccccc23)nc(OCCC2CCCN2C)n1. The zero-order valence-corrected chi connectivity index (χ0v) is 21.5. The lowest BCUT2D eigenvalue weighted by atomic mass is 10.1. The van der Waals surface area contributed by atoms with Crippen molar-refractivity contribution in [2.24, 2.45) is 0 Å². The number of likely N-dealkylation sites (tertiary alicyclic amines) is 1. The molecule has 1 aliphatic heterocycles. The number of aromatic hydroxyl groups is 1. The average molecular weight is 503 g/mol. The second-order valence-electron chi connectivity index (χ2n) is 9.32. The lowest BCUT2D eigenvalue weighted by molar-refractivity contribution is 0.102. The third-order valence-corrected chi connectivity index (χ3v) is 6.80. The van der Waals surface area contributed by atoms with Gasteiger partial charge in [-0.05, 0) is 57.7 Å². The highest BCUT2D eigenvalue weighted by Crippen LogP contribution is 2.29. The number of nitrogens with one attached hydrogen (secondary N) is 1. The molecule has 1 aromatic heterocycles. The first-order valence-corrected chi connectivity index (χ1v) is 12.9. The summed E-state index contributed by atoms with van der Waals surface area (Å²) in [6, 6.07) is 15.2. The van der Waals surface area contributed by atoms with E-state index in [2.05, 4.69) is 33.3 Å². The number of phenols is 1. The molecule has 0 aliphatic carbocycles. The number of hydrogen-bond acceptors (Lipinski definition) is 8. The molecule has 9 nitrogen and oxygen atoms in total. The monoisotopic (exact) mass is 502 g/mol. The minimum atomic E-state index is -0.423. The standard InChI is InChI=1S/C28H34N6O3/c1-3-34(15-7-6-13-29)26-19-25(31-28(32-26)37-16-12-21-10-8-14-33(21)2)27(36)30-24-18-22(35)17-20-9-4-5-11-23(20)24/h4-5,9,11,17-19,21,35H,3,6-8,10,12,14-16H2,1-2H3,(H,30,36). The number of nitrogens with zero attached hydrogens (tertiary/aromatic N) is 5. The largest absolute Gasteiger partial charge is 0.508 e. The molecule has 1 atom stereocenters. The number of rotatable bonds is 11. The first kappa shape index (κ1) is 26.2. The molecule has 3 aromatic rings. The maximum absolute atomic E-state index is 13.4. The number of anilines is 2. The van der Waals surface area contributed by atoms with Crippen molar-refractivity contribution in [3.05, 3.63) is 48.2 Å². The van der Waals surface area contributed by atoms with Crippen molar-refractivity contribution in [3.63, 3.8) is 0 Å². The molecule has 9 heteroatoms. The molecule has 37 heavy (non-hydrogen) atoms. The van der Waals surface area contributed by atoms with Gasteiger partial charge in [0, 0.05) is 43.1 Å². The highest BCUT2D eigenvalue weighted by molar-refractivity contribution is 6.09. The number of benzene rings is 2. The van der Waals surface area contributed by atoms with Crippen LogP contribution in [0.2, 0.25) is 0 Å². The van der Waals surface area contributed by atoms with Gasteiger partial charge in [-0.1, -0.05) is 24.3 Å². The minimum Gasteiger partial charge on any atom is -0.508 e. The number of carbonyl (C=O) groups excluding carboxylic acids is 1. The van der Waals surface area contributed by atoms with E-state index in [0.29, 0.717) is 50.1 Å². The van der Waals surface area contributed by atoms with Crippen LogP contribution in [0.15, 0.2) is 42.5 Å². The van der Waals surface area contributed by atoms with E-state index in [0.717, 1.165) is 30.2 Å². The van der Waals surface area contributed by atoms with Crippen LogP contribution >= 0.6 is 0 Å². The summed E-state index contributed by atoms with van der Waals surface area (Å²) < 4.78 is 5.96. The van der Waals surface area contributed by atoms with Gasteiger partial charge in [0.2, 0.25) is 0 Å². The molecule has 2 N–H and O–H groups in total. The van der Waals surface area contributed by atoms with Gasteiger partial charge in [0.15, 0.2) is 0 Å². The summed E-state index contributed by atoms with van der Waals surface area (Å²) in [4.78, 5) is 26.7. The number of hydrogen-bond donors (Lipinski definition) is 2. The zero-order chi connectivity index (χ0) is 26.2. The predicted molar refractivity (Wildman–Crippen MR) is 144 cm³/mol.